The van der Waals surface area contributed by atoms with Crippen molar-refractivity contribution in [2.75, 3.05) is 0 Å². The molecule has 2 unspecified atom stereocenters. The summed E-state index contributed by atoms with van der Waals surface area (Å²) in [5.41, 5.74) is 0.887. The van der Waals surface area contributed by atoms with E-state index in [0.717, 1.165) is 19.4 Å². The Bertz CT molecular complexity index is 377. The predicted octanol–water partition coefficient (Wildman–Crippen LogP) is 1.45. The van der Waals surface area contributed by atoms with Crippen LogP contribution in [0.1, 0.15) is 31.4 Å². The van der Waals surface area contributed by atoms with Crippen molar-refractivity contribution in [3.05, 3.63) is 30.1 Å². The van der Waals surface area contributed by atoms with Crippen LogP contribution in [-0.2, 0) is 13.0 Å². The van der Waals surface area contributed by atoms with Crippen LogP contribution < -0.4 is 4.57 Å². The Morgan fingerprint density at radius 1 is 1.33 bits per heavy atom. The molecule has 1 saturated carbocycles. The molecule has 1 N–H and O–H groups in total. The summed E-state index contributed by atoms with van der Waals surface area (Å²) in [6.07, 6.45) is 7.65. The maximum Gasteiger partial charge on any atom is 0.184 e. The number of rotatable bonds is 0. The quantitative estimate of drug-likeness (QED) is 0.635. The van der Waals surface area contributed by atoms with Gasteiger partial charge in [-0.15, -0.1) is 0 Å². The molecule has 0 bridgehead atoms. The molecule has 0 saturated heterocycles. The smallest absolute Gasteiger partial charge is 0.184 e. The van der Waals surface area contributed by atoms with Gasteiger partial charge in [0.25, 0.3) is 0 Å². The molecule has 1 fully saturated rings. The first-order valence-corrected chi connectivity index (χ1v) is 5.98. The van der Waals surface area contributed by atoms with E-state index in [1.165, 1.54) is 25.0 Å². The highest BCUT2D eigenvalue weighted by Gasteiger charge is 2.46. The van der Waals surface area contributed by atoms with Crippen LogP contribution in [0.4, 0.5) is 0 Å². The third-order valence-corrected chi connectivity index (χ3v) is 4.11. The summed E-state index contributed by atoms with van der Waals surface area (Å²) >= 11 is 0. The summed E-state index contributed by atoms with van der Waals surface area (Å²) in [6.45, 7) is 1.01. The number of hydrogen-bond donors (Lipinski definition) is 1. The van der Waals surface area contributed by atoms with Gasteiger partial charge in [0.1, 0.15) is 0 Å². The minimum absolute atomic E-state index is 0.403. The number of fused-ring (bicyclic) bond motifs is 2. The van der Waals surface area contributed by atoms with Gasteiger partial charge in [-0.25, -0.2) is 4.57 Å². The predicted molar refractivity (Wildman–Crippen MR) is 57.2 cm³/mol. The van der Waals surface area contributed by atoms with Crippen molar-refractivity contribution in [2.45, 2.75) is 44.2 Å². The highest BCUT2D eigenvalue weighted by atomic mass is 16.3. The lowest BCUT2D eigenvalue weighted by atomic mass is 9.71. The van der Waals surface area contributed by atoms with E-state index in [-0.39, 0.29) is 0 Å². The van der Waals surface area contributed by atoms with Crippen molar-refractivity contribution in [1.82, 2.24) is 0 Å². The van der Waals surface area contributed by atoms with E-state index in [4.69, 9.17) is 0 Å². The van der Waals surface area contributed by atoms with Gasteiger partial charge in [-0.05, 0) is 12.8 Å². The van der Waals surface area contributed by atoms with E-state index in [2.05, 4.69) is 29.0 Å². The summed E-state index contributed by atoms with van der Waals surface area (Å²) in [5.74, 6) is 0.478. The van der Waals surface area contributed by atoms with Crippen LogP contribution in [0.2, 0.25) is 0 Å². The van der Waals surface area contributed by atoms with Crippen molar-refractivity contribution < 1.29 is 9.67 Å². The average Bonchev–Trinajstić information content (AvgIpc) is 2.25. The van der Waals surface area contributed by atoms with Gasteiger partial charge in [-0.1, -0.05) is 18.9 Å². The van der Waals surface area contributed by atoms with E-state index >= 15 is 0 Å². The van der Waals surface area contributed by atoms with Crippen LogP contribution in [0.25, 0.3) is 0 Å². The number of pyridine rings is 1. The van der Waals surface area contributed by atoms with E-state index in [0.29, 0.717) is 5.92 Å². The van der Waals surface area contributed by atoms with Crippen LogP contribution in [0, 0.1) is 5.92 Å². The summed E-state index contributed by atoms with van der Waals surface area (Å²) in [5, 5.41) is 10.6. The Morgan fingerprint density at radius 2 is 2.27 bits per heavy atom. The minimum Gasteiger partial charge on any atom is -0.389 e. The van der Waals surface area contributed by atoms with Crippen LogP contribution in [-0.4, -0.2) is 10.7 Å². The van der Waals surface area contributed by atoms with Gasteiger partial charge in [-0.2, -0.15) is 0 Å². The fraction of sp³-hybridized carbons (Fsp3) is 0.615. The summed E-state index contributed by atoms with van der Waals surface area (Å²) in [7, 11) is 0. The van der Waals surface area contributed by atoms with Gasteiger partial charge in [0, 0.05) is 18.1 Å². The second-order valence-corrected chi connectivity index (χ2v) is 5.07. The molecule has 2 heteroatoms. The zero-order valence-electron chi connectivity index (χ0n) is 9.02. The van der Waals surface area contributed by atoms with Gasteiger partial charge in [0.15, 0.2) is 18.4 Å². The third-order valence-electron chi connectivity index (χ3n) is 4.11. The molecule has 0 aromatic carbocycles. The summed E-state index contributed by atoms with van der Waals surface area (Å²) in [6, 6.07) is 6.29. The first-order valence-electron chi connectivity index (χ1n) is 5.98. The third kappa shape index (κ3) is 1.48. The van der Waals surface area contributed by atoms with Crippen LogP contribution >= 0.6 is 0 Å². The Labute approximate surface area is 90.6 Å². The monoisotopic (exact) mass is 204 g/mol. The topological polar surface area (TPSA) is 24.1 Å². The van der Waals surface area contributed by atoms with E-state index in [1.54, 1.807) is 0 Å². The molecule has 0 spiro atoms. The molecule has 0 amide bonds. The Hall–Kier alpha value is -0.890. The highest BCUT2D eigenvalue weighted by molar-refractivity contribution is 5.06. The molecular weight excluding hydrogens is 186 g/mol. The molecule has 15 heavy (non-hydrogen) atoms. The van der Waals surface area contributed by atoms with Crippen molar-refractivity contribution >= 4 is 0 Å². The van der Waals surface area contributed by atoms with Gasteiger partial charge in [0.2, 0.25) is 0 Å². The molecule has 0 radical (unpaired) electrons. The number of aliphatic hydroxyl groups is 1. The van der Waals surface area contributed by atoms with Crippen molar-refractivity contribution in [2.24, 2.45) is 5.92 Å². The largest absolute Gasteiger partial charge is 0.389 e. The van der Waals surface area contributed by atoms with E-state index in [9.17, 15) is 5.11 Å². The highest BCUT2D eigenvalue weighted by Crippen LogP contribution is 2.38. The first-order chi connectivity index (χ1) is 7.28. The van der Waals surface area contributed by atoms with Crippen LogP contribution in [0.5, 0.6) is 0 Å². The van der Waals surface area contributed by atoms with E-state index in [1.807, 2.05) is 0 Å². The lowest BCUT2D eigenvalue weighted by Crippen LogP contribution is -2.58. The number of aromatic nitrogens is 1. The fourth-order valence-electron chi connectivity index (χ4n) is 3.19. The molecule has 2 atom stereocenters. The van der Waals surface area contributed by atoms with Gasteiger partial charge in [0.05, 0.1) is 12.0 Å². The average molecular weight is 204 g/mol. The molecule has 3 rings (SSSR count). The van der Waals surface area contributed by atoms with Crippen molar-refractivity contribution in [3.63, 3.8) is 0 Å². The molecule has 2 heterocycles. The van der Waals surface area contributed by atoms with Gasteiger partial charge < -0.3 is 5.11 Å². The van der Waals surface area contributed by atoms with Crippen molar-refractivity contribution in [3.8, 4) is 0 Å². The standard InChI is InChI=1S/C13H18NO/c15-13-7-3-1-5-11(13)10-14-8-4-2-6-12(14)9-13/h2,4,6,8,11,15H,1,3,5,7,9-10H2/q+1. The van der Waals surface area contributed by atoms with Crippen LogP contribution in [0.3, 0.4) is 0 Å². The number of hydrogen-bond acceptors (Lipinski definition) is 1. The van der Waals surface area contributed by atoms with Gasteiger partial charge >= 0.3 is 0 Å². The molecule has 1 aromatic heterocycles. The van der Waals surface area contributed by atoms with E-state index < -0.39 is 5.60 Å². The Morgan fingerprint density at radius 3 is 3.20 bits per heavy atom. The zero-order chi connectivity index (χ0) is 10.3. The second kappa shape index (κ2) is 3.31. The van der Waals surface area contributed by atoms with Gasteiger partial charge in [-0.3, -0.25) is 0 Å². The molecule has 1 aromatic rings. The lowest BCUT2D eigenvalue weighted by molar-refractivity contribution is -0.721. The normalized spacial score (nSPS) is 34.3. The first kappa shape index (κ1) is 9.34. The molecule has 2 nitrogen and oxygen atoms in total. The molecule has 1 aliphatic carbocycles. The summed E-state index contributed by atoms with van der Waals surface area (Å²) < 4.78 is 2.31. The Balaban J connectivity index is 1.98. The molecule has 1 aliphatic heterocycles. The summed E-state index contributed by atoms with van der Waals surface area (Å²) in [4.78, 5) is 0. The van der Waals surface area contributed by atoms with Crippen molar-refractivity contribution in [1.29, 1.82) is 0 Å². The maximum absolute atomic E-state index is 10.6. The Kier molecular flexibility index (Phi) is 2.06. The number of nitrogens with zero attached hydrogens (tertiary/aromatic N) is 1. The molecular formula is C13H18NO+. The lowest BCUT2D eigenvalue weighted by Gasteiger charge is -2.40. The molecule has 80 valence electrons. The maximum atomic E-state index is 10.6. The molecule has 2 aliphatic rings. The minimum atomic E-state index is -0.403. The second-order valence-electron chi connectivity index (χ2n) is 5.07. The fourth-order valence-corrected chi connectivity index (χ4v) is 3.19. The van der Waals surface area contributed by atoms with Crippen LogP contribution in [0.15, 0.2) is 24.4 Å². The zero-order valence-corrected chi connectivity index (χ0v) is 9.02. The SMILES string of the molecule is OC12CCCCC1C[n+]1ccccc1C2.